The molecule has 0 fully saturated rings. The molecule has 0 saturated carbocycles. The summed E-state index contributed by atoms with van der Waals surface area (Å²) in [5, 5.41) is 1.96. The molecule has 1 unspecified atom stereocenters. The van der Waals surface area contributed by atoms with Gasteiger partial charge in [-0.15, -0.1) is 5.56 Å². The molecule has 2 aliphatic heterocycles. The number of hydrogen-bond donors (Lipinski definition) is 0. The van der Waals surface area contributed by atoms with Gasteiger partial charge in [-0.1, -0.05) is 78.9 Å². The van der Waals surface area contributed by atoms with E-state index in [2.05, 4.69) is 26.0 Å². The fourth-order valence-electron chi connectivity index (χ4n) is 5.36. The minimum atomic E-state index is -3.13. The van der Waals surface area contributed by atoms with Gasteiger partial charge < -0.3 is 29.0 Å². The Labute approximate surface area is 266 Å². The van der Waals surface area contributed by atoms with E-state index in [0.29, 0.717) is 44.7 Å². The second kappa shape index (κ2) is 11.3. The first-order valence-corrected chi connectivity index (χ1v) is 15.4. The minimum absolute atomic E-state index is 0. The summed E-state index contributed by atoms with van der Waals surface area (Å²) in [7, 11) is -3.13. The Balaban J connectivity index is 0.000000166. The number of imidazole rings is 1. The van der Waals surface area contributed by atoms with Crippen LogP contribution in [0.25, 0.3) is 33.8 Å². The van der Waals surface area contributed by atoms with Crippen molar-refractivity contribution in [2.45, 2.75) is 0 Å². The maximum Gasteiger partial charge on any atom is 0.149 e. The summed E-state index contributed by atoms with van der Waals surface area (Å²) in [4.78, 5) is 17.4. The molecule has 1 radical (unpaired) electrons. The van der Waals surface area contributed by atoms with Crippen LogP contribution in [0.5, 0.6) is 23.0 Å². The zero-order chi connectivity index (χ0) is 28.8. The third-order valence-electron chi connectivity index (χ3n) is 7.30. The number of rotatable bonds is 2. The summed E-state index contributed by atoms with van der Waals surface area (Å²) in [5.41, 5.74) is 4.13. The van der Waals surface area contributed by atoms with Crippen molar-refractivity contribution < 1.29 is 34.1 Å². The number of para-hydroxylation sites is 4. The molecule has 7 aromatic rings. The van der Waals surface area contributed by atoms with Crippen LogP contribution in [0.15, 0.2) is 128 Å². The third kappa shape index (κ3) is 4.65. The van der Waals surface area contributed by atoms with E-state index < -0.39 is 7.14 Å². The van der Waals surface area contributed by atoms with Crippen LogP contribution in [0.2, 0.25) is 0 Å². The molecule has 5 heterocycles. The fraction of sp³-hybridized carbons (Fsp3) is 0. The van der Waals surface area contributed by atoms with Crippen molar-refractivity contribution >= 4 is 34.1 Å². The second-order valence-electron chi connectivity index (χ2n) is 9.94. The van der Waals surface area contributed by atoms with Gasteiger partial charge in [-0.3, -0.25) is 4.98 Å². The molecule has 44 heavy (non-hydrogen) atoms. The molecular formula is C35H21IrN4O3P-2. The van der Waals surface area contributed by atoms with Gasteiger partial charge in [-0.2, -0.15) is 0 Å². The van der Waals surface area contributed by atoms with Crippen molar-refractivity contribution in [3.8, 4) is 45.8 Å². The smallest absolute Gasteiger partial charge is 0.149 e. The Bertz CT molecular complexity index is 2080. The molecule has 4 aromatic carbocycles. The molecule has 0 saturated heterocycles. The minimum Gasteiger partial charge on any atom is -0.475 e. The average Bonchev–Trinajstić information content (AvgIpc) is 3.51. The van der Waals surface area contributed by atoms with Crippen molar-refractivity contribution in [3.05, 3.63) is 134 Å². The molecule has 215 valence electrons. The van der Waals surface area contributed by atoms with Crippen LogP contribution in [-0.2, 0) is 24.7 Å². The van der Waals surface area contributed by atoms with Gasteiger partial charge in [0.2, 0.25) is 0 Å². The molecule has 0 aliphatic carbocycles. The summed E-state index contributed by atoms with van der Waals surface area (Å²) in [6.45, 7) is 0. The number of fused-ring (bicyclic) bond motifs is 5. The Morgan fingerprint density at radius 1 is 0.659 bits per heavy atom. The summed E-state index contributed by atoms with van der Waals surface area (Å²) in [5.74, 6) is 2.87. The first-order valence-electron chi connectivity index (χ1n) is 13.7. The van der Waals surface area contributed by atoms with E-state index in [1.54, 1.807) is 12.4 Å². The molecule has 0 spiro atoms. The number of ether oxygens (including phenoxy) is 2. The van der Waals surface area contributed by atoms with Crippen LogP contribution in [0.1, 0.15) is 0 Å². The fourth-order valence-corrected chi connectivity index (χ4v) is 8.36. The van der Waals surface area contributed by atoms with E-state index in [-0.39, 0.29) is 20.1 Å². The molecule has 3 aromatic heterocycles. The van der Waals surface area contributed by atoms with Gasteiger partial charge in [0, 0.05) is 37.8 Å². The quantitative estimate of drug-likeness (QED) is 0.144. The van der Waals surface area contributed by atoms with Crippen LogP contribution in [0, 0.1) is 6.07 Å². The molecule has 0 bridgehead atoms. The van der Waals surface area contributed by atoms with Crippen molar-refractivity contribution in [1.82, 2.24) is 19.9 Å². The van der Waals surface area contributed by atoms with E-state index in [1.807, 2.05) is 115 Å². The molecule has 7 nitrogen and oxygen atoms in total. The predicted molar refractivity (Wildman–Crippen MR) is 166 cm³/mol. The summed E-state index contributed by atoms with van der Waals surface area (Å²) in [6, 6.07) is 39.3. The summed E-state index contributed by atoms with van der Waals surface area (Å²) >= 11 is 0. The number of pyridine rings is 2. The number of nitrogens with zero attached hydrogens (tertiary/aromatic N) is 4. The largest absolute Gasteiger partial charge is 0.475 e. The molecule has 1 atom stereocenters. The molecule has 9 heteroatoms. The molecule has 0 N–H and O–H groups in total. The molecule has 9 rings (SSSR count). The van der Waals surface area contributed by atoms with Crippen LogP contribution in [-0.4, -0.2) is 15.0 Å². The van der Waals surface area contributed by atoms with E-state index >= 15 is 0 Å². The molecular weight excluding hydrogens is 748 g/mol. The normalized spacial score (nSPS) is 15.2. The second-order valence-corrected chi connectivity index (χ2v) is 12.6. The predicted octanol–water partition coefficient (Wildman–Crippen LogP) is 6.65. The zero-order valence-corrected chi connectivity index (χ0v) is 26.2. The topological polar surface area (TPSA) is 88.3 Å². The number of aromatic nitrogens is 4. The first kappa shape index (κ1) is 27.9. The van der Waals surface area contributed by atoms with Crippen molar-refractivity contribution in [3.63, 3.8) is 0 Å². The van der Waals surface area contributed by atoms with Gasteiger partial charge >= 0.3 is 0 Å². The molecule has 2 aliphatic rings. The van der Waals surface area contributed by atoms with Gasteiger partial charge in [0.05, 0.1) is 27.8 Å². The van der Waals surface area contributed by atoms with Crippen molar-refractivity contribution in [2.24, 2.45) is 0 Å². The standard InChI is InChI=1S/C23H13NO3P.C12H8N3.Ir/c25-28-21-10-3-1-8-17(21)26-19-13-15(16-7-5-6-12-24-16)14-20(23(19)28)27-18-9-2-4-11-22(18)28;1-2-6-10-9(5-1)14-12(15-10)11-7-3-4-8-13-11;/h1-13H;1-8H;/q2*-1;. The SMILES string of the molecule is O=P12c3ccccc3Oc3[c-]c(-c4ccccn4)cc(c31)Oc1ccccc12.[Ir].c1ccc(-c2nc3ccccc3[n-]2)nc1. The van der Waals surface area contributed by atoms with Gasteiger partial charge in [-0.05, 0) is 65.0 Å². The van der Waals surface area contributed by atoms with E-state index in [4.69, 9.17) is 9.47 Å². The van der Waals surface area contributed by atoms with Crippen LogP contribution in [0.3, 0.4) is 0 Å². The Morgan fingerprint density at radius 3 is 1.95 bits per heavy atom. The summed E-state index contributed by atoms with van der Waals surface area (Å²) in [6.07, 6.45) is 3.47. The average molecular weight is 769 g/mol. The van der Waals surface area contributed by atoms with Crippen molar-refractivity contribution in [1.29, 1.82) is 0 Å². The maximum atomic E-state index is 14.6. The van der Waals surface area contributed by atoms with E-state index in [9.17, 15) is 4.57 Å². The van der Waals surface area contributed by atoms with Crippen molar-refractivity contribution in [2.75, 3.05) is 0 Å². The Morgan fingerprint density at radius 2 is 1.27 bits per heavy atom. The van der Waals surface area contributed by atoms with E-state index in [0.717, 1.165) is 28.0 Å². The Hall–Kier alpha value is -4.87. The van der Waals surface area contributed by atoms with Gasteiger partial charge in [0.1, 0.15) is 18.6 Å². The van der Waals surface area contributed by atoms with Gasteiger partial charge in [0.25, 0.3) is 0 Å². The maximum absolute atomic E-state index is 14.6. The Kier molecular flexibility index (Phi) is 7.19. The first-order chi connectivity index (χ1) is 21.2. The zero-order valence-electron chi connectivity index (χ0n) is 22.9. The van der Waals surface area contributed by atoms with Gasteiger partial charge in [0.15, 0.2) is 0 Å². The van der Waals surface area contributed by atoms with Crippen LogP contribution < -0.4 is 30.4 Å². The number of benzene rings is 4. The molecule has 0 amide bonds. The summed E-state index contributed by atoms with van der Waals surface area (Å²) < 4.78 is 26.9. The van der Waals surface area contributed by atoms with Crippen LogP contribution >= 0.6 is 7.14 Å². The van der Waals surface area contributed by atoms with Crippen LogP contribution in [0.4, 0.5) is 0 Å². The van der Waals surface area contributed by atoms with E-state index in [1.165, 1.54) is 0 Å². The van der Waals surface area contributed by atoms with Gasteiger partial charge in [-0.25, -0.2) is 0 Å². The monoisotopic (exact) mass is 769 g/mol. The third-order valence-corrected chi connectivity index (χ3v) is 10.4. The number of hydrogen-bond acceptors (Lipinski definition) is 6.